The molecule has 3 aliphatic rings. The van der Waals surface area contributed by atoms with E-state index in [4.69, 9.17) is 11.6 Å². The van der Waals surface area contributed by atoms with Gasteiger partial charge >= 0.3 is 0 Å². The molecular formula is C27H30ClN3O2S. The van der Waals surface area contributed by atoms with E-state index in [1.165, 1.54) is 44.1 Å². The van der Waals surface area contributed by atoms with Gasteiger partial charge in [-0.1, -0.05) is 48.0 Å². The summed E-state index contributed by atoms with van der Waals surface area (Å²) in [6.45, 7) is 4.00. The van der Waals surface area contributed by atoms with Crippen molar-refractivity contribution in [1.82, 2.24) is 9.80 Å². The second-order valence-corrected chi connectivity index (χ2v) is 10.8. The van der Waals surface area contributed by atoms with Gasteiger partial charge in [0, 0.05) is 41.7 Å². The first-order valence-corrected chi connectivity index (χ1v) is 13.3. The first-order chi connectivity index (χ1) is 16.5. The molecule has 2 saturated heterocycles. The van der Waals surface area contributed by atoms with Crippen molar-refractivity contribution in [3.8, 4) is 0 Å². The highest BCUT2D eigenvalue weighted by molar-refractivity contribution is 8.04. The lowest BCUT2D eigenvalue weighted by atomic mass is 9.99. The van der Waals surface area contributed by atoms with E-state index in [0.29, 0.717) is 21.5 Å². The van der Waals surface area contributed by atoms with Gasteiger partial charge in [-0.25, -0.2) is 0 Å². The van der Waals surface area contributed by atoms with Crippen molar-refractivity contribution in [2.75, 3.05) is 38.1 Å². The van der Waals surface area contributed by atoms with E-state index in [1.54, 1.807) is 11.9 Å². The summed E-state index contributed by atoms with van der Waals surface area (Å²) in [4.78, 5) is 34.1. The van der Waals surface area contributed by atoms with Crippen molar-refractivity contribution < 1.29 is 9.59 Å². The van der Waals surface area contributed by atoms with Crippen molar-refractivity contribution in [1.29, 1.82) is 0 Å². The van der Waals surface area contributed by atoms with Crippen LogP contribution >= 0.6 is 23.4 Å². The van der Waals surface area contributed by atoms with Crippen molar-refractivity contribution >= 4 is 46.9 Å². The Hall–Kier alpha value is -2.28. The fraction of sp³-hybridized carbons (Fsp3) is 0.407. The molecular weight excluding hydrogens is 466 g/mol. The molecule has 2 fully saturated rings. The molecule has 0 radical (unpaired) electrons. The molecule has 0 N–H and O–H groups in total. The highest BCUT2D eigenvalue weighted by Gasteiger charge is 2.30. The molecule has 3 aliphatic heterocycles. The molecule has 2 amide bonds. The molecule has 5 nitrogen and oxygen atoms in total. The van der Waals surface area contributed by atoms with Gasteiger partial charge < -0.3 is 14.7 Å². The lowest BCUT2D eigenvalue weighted by Gasteiger charge is -2.40. The highest BCUT2D eigenvalue weighted by atomic mass is 35.5. The van der Waals surface area contributed by atoms with Crippen LogP contribution in [0.3, 0.4) is 0 Å². The summed E-state index contributed by atoms with van der Waals surface area (Å²) in [6.07, 6.45) is 7.86. The summed E-state index contributed by atoms with van der Waals surface area (Å²) in [5.41, 5.74) is 2.24. The minimum atomic E-state index is -0.0932. The zero-order valence-electron chi connectivity index (χ0n) is 19.5. The number of rotatable bonds is 3. The predicted octanol–water partition coefficient (Wildman–Crippen LogP) is 5.54. The van der Waals surface area contributed by atoms with Crippen LogP contribution in [0.1, 0.15) is 48.0 Å². The second kappa shape index (κ2) is 10.1. The van der Waals surface area contributed by atoms with Crippen LogP contribution in [0.5, 0.6) is 0 Å². The van der Waals surface area contributed by atoms with Gasteiger partial charge in [0.15, 0.2) is 0 Å². The van der Waals surface area contributed by atoms with Gasteiger partial charge in [-0.05, 0) is 74.7 Å². The van der Waals surface area contributed by atoms with E-state index >= 15 is 0 Å². The van der Waals surface area contributed by atoms with Crippen LogP contribution in [0.4, 0.5) is 5.69 Å². The largest absolute Gasteiger partial charge is 0.339 e. The van der Waals surface area contributed by atoms with E-state index < -0.39 is 0 Å². The number of hydrogen-bond donors (Lipinski definition) is 0. The lowest BCUT2D eigenvalue weighted by molar-refractivity contribution is -0.114. The number of fused-ring (bicyclic) bond motifs is 1. The van der Waals surface area contributed by atoms with Gasteiger partial charge in [-0.2, -0.15) is 0 Å². The Morgan fingerprint density at radius 2 is 1.76 bits per heavy atom. The van der Waals surface area contributed by atoms with Gasteiger partial charge in [-0.15, -0.1) is 0 Å². The number of carbonyl (C=O) groups is 2. The molecule has 178 valence electrons. The third-order valence-corrected chi connectivity index (χ3v) is 8.57. The number of nitrogens with zero attached hydrogens (tertiary/aromatic N) is 3. The number of piperidine rings is 2. The standard InChI is InChI=1S/C27H30ClN3O2S/c1-29-23-17-20(26(32)31-15-11-21(12-16-31)30-13-5-2-6-14-30)9-10-24(23)34-25(27(29)33)18-19-7-3-4-8-22(19)28/h3-4,7-10,17-18,21H,2,5-6,11-16H2,1H3/b25-18-. The molecule has 0 unspecified atom stereocenters. The van der Waals surface area contributed by atoms with Crippen molar-refractivity contribution in [3.05, 3.63) is 63.5 Å². The maximum absolute atomic E-state index is 13.3. The highest BCUT2D eigenvalue weighted by Crippen LogP contribution is 2.42. The number of halogens is 1. The SMILES string of the molecule is CN1C(=O)/C(=C/c2ccccc2Cl)Sc2ccc(C(=O)N3CCC(N4CCCCC4)CC3)cc21. The first-order valence-electron chi connectivity index (χ1n) is 12.1. The van der Waals surface area contributed by atoms with Gasteiger partial charge in [0.1, 0.15) is 0 Å². The molecule has 3 heterocycles. The Bertz CT molecular complexity index is 1120. The summed E-state index contributed by atoms with van der Waals surface area (Å²) < 4.78 is 0. The number of hydrogen-bond acceptors (Lipinski definition) is 4. The number of likely N-dealkylation sites (N-methyl/N-ethyl adjacent to an activating group) is 1. The molecule has 0 spiro atoms. The molecule has 0 bridgehead atoms. The molecule has 0 atom stereocenters. The fourth-order valence-electron chi connectivity index (χ4n) is 5.16. The second-order valence-electron chi connectivity index (χ2n) is 9.30. The quantitative estimate of drug-likeness (QED) is 0.524. The molecule has 0 saturated carbocycles. The topological polar surface area (TPSA) is 43.9 Å². The molecule has 5 rings (SSSR count). The summed E-state index contributed by atoms with van der Waals surface area (Å²) in [5, 5.41) is 0.613. The van der Waals surface area contributed by atoms with Crippen LogP contribution in [0.25, 0.3) is 6.08 Å². The van der Waals surface area contributed by atoms with E-state index in [0.717, 1.165) is 42.1 Å². The number of amides is 2. The Morgan fingerprint density at radius 1 is 1.03 bits per heavy atom. The third-order valence-electron chi connectivity index (χ3n) is 7.15. The number of likely N-dealkylation sites (tertiary alicyclic amines) is 2. The predicted molar refractivity (Wildman–Crippen MR) is 139 cm³/mol. The van der Waals surface area contributed by atoms with Gasteiger partial charge in [-0.3, -0.25) is 9.59 Å². The minimum Gasteiger partial charge on any atom is -0.339 e. The first kappa shape index (κ1) is 23.5. The van der Waals surface area contributed by atoms with Gasteiger partial charge in [0.05, 0.1) is 10.6 Å². The van der Waals surface area contributed by atoms with Crippen LogP contribution in [0.15, 0.2) is 52.3 Å². The molecule has 34 heavy (non-hydrogen) atoms. The zero-order chi connectivity index (χ0) is 23.7. The molecule has 0 aromatic heterocycles. The number of thioether (sulfide) groups is 1. The summed E-state index contributed by atoms with van der Waals surface area (Å²) in [5.74, 6) is -0.0347. The molecule has 2 aromatic rings. The van der Waals surface area contributed by atoms with E-state index in [2.05, 4.69) is 4.90 Å². The maximum atomic E-state index is 13.3. The minimum absolute atomic E-state index is 0.0585. The average molecular weight is 496 g/mol. The van der Waals surface area contributed by atoms with E-state index in [1.807, 2.05) is 53.4 Å². The van der Waals surface area contributed by atoms with Crippen LogP contribution in [0.2, 0.25) is 5.02 Å². The Labute approximate surface area is 210 Å². The molecule has 7 heteroatoms. The summed E-state index contributed by atoms with van der Waals surface area (Å²) in [6, 6.07) is 13.8. The van der Waals surface area contributed by atoms with Crippen LogP contribution < -0.4 is 4.90 Å². The molecule has 0 aliphatic carbocycles. The normalized spacial score (nSPS) is 21.1. The maximum Gasteiger partial charge on any atom is 0.264 e. The Kier molecular flexibility index (Phi) is 7.00. The fourth-order valence-corrected chi connectivity index (χ4v) is 6.43. The van der Waals surface area contributed by atoms with Crippen LogP contribution in [0, 0.1) is 0 Å². The van der Waals surface area contributed by atoms with E-state index in [-0.39, 0.29) is 11.8 Å². The molecule has 2 aromatic carbocycles. The summed E-state index contributed by atoms with van der Waals surface area (Å²) >= 11 is 7.71. The lowest BCUT2D eigenvalue weighted by Crippen LogP contribution is -2.48. The Morgan fingerprint density at radius 3 is 2.50 bits per heavy atom. The van der Waals surface area contributed by atoms with Crippen molar-refractivity contribution in [3.63, 3.8) is 0 Å². The monoisotopic (exact) mass is 495 g/mol. The smallest absolute Gasteiger partial charge is 0.264 e. The van der Waals surface area contributed by atoms with Gasteiger partial charge in [0.25, 0.3) is 11.8 Å². The summed E-state index contributed by atoms with van der Waals surface area (Å²) in [7, 11) is 1.76. The number of anilines is 1. The third kappa shape index (κ3) is 4.77. The zero-order valence-corrected chi connectivity index (χ0v) is 21.1. The van der Waals surface area contributed by atoms with E-state index in [9.17, 15) is 9.59 Å². The Balaban J connectivity index is 1.29. The average Bonchev–Trinajstić information content (AvgIpc) is 2.88. The number of benzene rings is 2. The van der Waals surface area contributed by atoms with Gasteiger partial charge in [0.2, 0.25) is 0 Å². The number of carbonyl (C=O) groups excluding carboxylic acids is 2. The van der Waals surface area contributed by atoms with Crippen LogP contribution in [-0.2, 0) is 4.79 Å². The van der Waals surface area contributed by atoms with Crippen LogP contribution in [-0.4, -0.2) is 60.9 Å². The van der Waals surface area contributed by atoms with Crippen molar-refractivity contribution in [2.24, 2.45) is 0 Å². The van der Waals surface area contributed by atoms with Crippen molar-refractivity contribution in [2.45, 2.75) is 43.0 Å².